The first-order valence-electron chi connectivity index (χ1n) is 21.5. The lowest BCUT2D eigenvalue weighted by atomic mass is 9.74. The fourth-order valence-corrected chi connectivity index (χ4v) is 10.9. The van der Waals surface area contributed by atoms with Gasteiger partial charge in [-0.2, -0.15) is 0 Å². The Labute approximate surface area is 357 Å². The number of hydrogen-bond acceptors (Lipinski definition) is 1. The number of para-hydroxylation sites is 2. The van der Waals surface area contributed by atoms with Crippen molar-refractivity contribution >= 4 is 21.9 Å². The summed E-state index contributed by atoms with van der Waals surface area (Å²) < 4.78 is 6.46. The lowest BCUT2D eigenvalue weighted by molar-refractivity contribution is 0.659. The number of furan rings is 1. The SMILES string of the molecule is CC1(C)c2ccccc2-c2ccc(C(c3ccc(-c4ccc5c(c4)-c4ccccc4C5(C)c4ccccc4)cc3)c3ccc(-c4cccc5c4oc4ccccc45)cc3)cc21. The quantitative estimate of drug-likeness (QED) is 0.153. The van der Waals surface area contributed by atoms with Crippen LogP contribution in [-0.2, 0) is 10.8 Å². The highest BCUT2D eigenvalue weighted by molar-refractivity contribution is 6.09. The highest BCUT2D eigenvalue weighted by atomic mass is 16.3. The Morgan fingerprint density at radius 3 is 1.69 bits per heavy atom. The molecule has 0 saturated heterocycles. The van der Waals surface area contributed by atoms with Crippen molar-refractivity contribution in [1.29, 1.82) is 0 Å². The molecule has 290 valence electrons. The van der Waals surface area contributed by atoms with Crippen LogP contribution in [0.5, 0.6) is 0 Å². The minimum atomic E-state index is -0.206. The van der Waals surface area contributed by atoms with E-state index in [1.807, 2.05) is 6.07 Å². The van der Waals surface area contributed by atoms with Crippen LogP contribution < -0.4 is 0 Å². The first-order chi connectivity index (χ1) is 29.9. The third-order valence-corrected chi connectivity index (χ3v) is 14.1. The molecule has 12 rings (SSSR count). The van der Waals surface area contributed by atoms with Crippen molar-refractivity contribution in [2.75, 3.05) is 0 Å². The Morgan fingerprint density at radius 1 is 0.361 bits per heavy atom. The molecule has 0 fully saturated rings. The van der Waals surface area contributed by atoms with Gasteiger partial charge >= 0.3 is 0 Å². The highest BCUT2D eigenvalue weighted by Gasteiger charge is 2.41. The molecule has 0 radical (unpaired) electrons. The van der Waals surface area contributed by atoms with Gasteiger partial charge in [-0.05, 0) is 103 Å². The summed E-state index contributed by atoms with van der Waals surface area (Å²) >= 11 is 0. The molecule has 0 aliphatic heterocycles. The molecule has 2 unspecified atom stereocenters. The fourth-order valence-electron chi connectivity index (χ4n) is 10.9. The van der Waals surface area contributed by atoms with Gasteiger partial charge in [-0.1, -0.05) is 208 Å². The summed E-state index contributed by atoms with van der Waals surface area (Å²) in [7, 11) is 0. The van der Waals surface area contributed by atoms with Crippen LogP contribution in [0.15, 0.2) is 211 Å². The van der Waals surface area contributed by atoms with E-state index in [1.54, 1.807) is 0 Å². The molecule has 0 amide bonds. The van der Waals surface area contributed by atoms with Gasteiger partial charge in [0, 0.05) is 33.1 Å². The Hall–Kier alpha value is -7.22. The van der Waals surface area contributed by atoms with Crippen molar-refractivity contribution in [2.45, 2.75) is 37.5 Å². The molecule has 10 aromatic rings. The predicted molar refractivity (Wildman–Crippen MR) is 253 cm³/mol. The third kappa shape index (κ3) is 5.33. The summed E-state index contributed by atoms with van der Waals surface area (Å²) in [6, 6.07) is 76.5. The van der Waals surface area contributed by atoms with E-state index in [-0.39, 0.29) is 16.7 Å². The average Bonchev–Trinajstić information content (AvgIpc) is 3.91. The smallest absolute Gasteiger partial charge is 0.143 e. The van der Waals surface area contributed by atoms with Crippen LogP contribution >= 0.6 is 0 Å². The fraction of sp³-hybridized carbons (Fsp3) is 0.100. The van der Waals surface area contributed by atoms with Crippen molar-refractivity contribution in [1.82, 2.24) is 0 Å². The van der Waals surface area contributed by atoms with Crippen molar-refractivity contribution in [3.05, 3.63) is 251 Å². The molecule has 0 spiro atoms. The zero-order valence-electron chi connectivity index (χ0n) is 34.6. The molecule has 2 atom stereocenters. The predicted octanol–water partition coefficient (Wildman–Crippen LogP) is 15.7. The largest absolute Gasteiger partial charge is 0.455 e. The van der Waals surface area contributed by atoms with Crippen LogP contribution in [0.2, 0.25) is 0 Å². The molecule has 1 nitrogen and oxygen atoms in total. The van der Waals surface area contributed by atoms with Crippen molar-refractivity contribution in [3.8, 4) is 44.5 Å². The van der Waals surface area contributed by atoms with Crippen LogP contribution in [-0.4, -0.2) is 0 Å². The topological polar surface area (TPSA) is 13.1 Å². The Bertz CT molecular complexity index is 3330. The molecular formula is C60H44O. The standard InChI is InChI=1S/C60H44O/c1-59(2)52-21-10-7-16-46(52)48-34-32-43(37-55(48)59)57(41-30-26-39(27-31-41)45-19-13-20-50-49-18-9-12-23-56(49)61-58(45)50)40-28-24-38(25-29-40)42-33-35-54-51(36-42)47-17-8-11-22-53(47)60(54,3)44-14-5-4-6-15-44/h4-37,57H,1-3H3. The van der Waals surface area contributed by atoms with Crippen molar-refractivity contribution in [2.24, 2.45) is 0 Å². The second kappa shape index (κ2) is 13.4. The van der Waals surface area contributed by atoms with Crippen molar-refractivity contribution < 1.29 is 4.42 Å². The number of fused-ring (bicyclic) bond motifs is 9. The molecule has 1 heteroatoms. The first-order valence-corrected chi connectivity index (χ1v) is 21.5. The van der Waals surface area contributed by atoms with E-state index in [0.29, 0.717) is 0 Å². The van der Waals surface area contributed by atoms with Gasteiger partial charge in [-0.15, -0.1) is 0 Å². The van der Waals surface area contributed by atoms with E-state index in [2.05, 4.69) is 221 Å². The molecule has 1 heterocycles. The normalized spacial score (nSPS) is 16.2. The monoisotopic (exact) mass is 780 g/mol. The summed E-state index contributed by atoms with van der Waals surface area (Å²) in [5, 5.41) is 2.30. The number of hydrogen-bond donors (Lipinski definition) is 0. The number of benzene rings is 9. The summed E-state index contributed by atoms with van der Waals surface area (Å²) in [6.45, 7) is 7.12. The maximum absolute atomic E-state index is 6.46. The Balaban J connectivity index is 0.954. The molecule has 9 aromatic carbocycles. The molecule has 2 aliphatic rings. The zero-order valence-corrected chi connectivity index (χ0v) is 34.6. The first kappa shape index (κ1) is 35.7. The van der Waals surface area contributed by atoms with Gasteiger partial charge < -0.3 is 4.42 Å². The highest BCUT2D eigenvalue weighted by Crippen LogP contribution is 2.54. The van der Waals surface area contributed by atoms with Crippen molar-refractivity contribution in [3.63, 3.8) is 0 Å². The summed E-state index contributed by atoms with van der Waals surface area (Å²) in [6.07, 6.45) is 0. The molecular weight excluding hydrogens is 737 g/mol. The van der Waals surface area contributed by atoms with E-state index in [9.17, 15) is 0 Å². The van der Waals surface area contributed by atoms with Crippen LogP contribution in [0, 0.1) is 0 Å². The third-order valence-electron chi connectivity index (χ3n) is 14.1. The molecule has 0 saturated carbocycles. The minimum absolute atomic E-state index is 0.0355. The van der Waals surface area contributed by atoms with E-state index < -0.39 is 0 Å². The van der Waals surface area contributed by atoms with Gasteiger partial charge in [0.05, 0.1) is 0 Å². The van der Waals surface area contributed by atoms with Gasteiger partial charge in [-0.3, -0.25) is 0 Å². The van der Waals surface area contributed by atoms with E-state index >= 15 is 0 Å². The second-order valence-corrected chi connectivity index (χ2v) is 17.7. The van der Waals surface area contributed by atoms with Crippen LogP contribution in [0.1, 0.15) is 71.2 Å². The van der Waals surface area contributed by atoms with Gasteiger partial charge in [0.2, 0.25) is 0 Å². The minimum Gasteiger partial charge on any atom is -0.455 e. The van der Waals surface area contributed by atoms with Crippen LogP contribution in [0.3, 0.4) is 0 Å². The lowest BCUT2D eigenvalue weighted by Gasteiger charge is -2.28. The summed E-state index contributed by atoms with van der Waals surface area (Å²) in [5.74, 6) is 0.0355. The number of rotatable bonds is 6. The van der Waals surface area contributed by atoms with Gasteiger partial charge in [-0.25, -0.2) is 0 Å². The maximum Gasteiger partial charge on any atom is 0.143 e. The van der Waals surface area contributed by atoms with Gasteiger partial charge in [0.25, 0.3) is 0 Å². The molecule has 1 aromatic heterocycles. The average molecular weight is 781 g/mol. The van der Waals surface area contributed by atoms with E-state index in [4.69, 9.17) is 4.42 Å². The molecule has 0 bridgehead atoms. The van der Waals surface area contributed by atoms with Crippen LogP contribution in [0.25, 0.3) is 66.4 Å². The molecule has 0 N–H and O–H groups in total. The second-order valence-electron chi connectivity index (χ2n) is 17.7. The molecule has 2 aliphatic carbocycles. The van der Waals surface area contributed by atoms with Gasteiger partial charge in [0.1, 0.15) is 11.2 Å². The van der Waals surface area contributed by atoms with Crippen LogP contribution in [0.4, 0.5) is 0 Å². The van der Waals surface area contributed by atoms with E-state index in [1.165, 1.54) is 77.9 Å². The summed E-state index contributed by atoms with van der Waals surface area (Å²) in [4.78, 5) is 0. The zero-order chi connectivity index (χ0) is 40.9. The summed E-state index contributed by atoms with van der Waals surface area (Å²) in [5.41, 5.74) is 22.3. The Kier molecular flexibility index (Phi) is 7.84. The van der Waals surface area contributed by atoms with Gasteiger partial charge in [0.15, 0.2) is 0 Å². The molecule has 61 heavy (non-hydrogen) atoms. The maximum atomic E-state index is 6.46. The van der Waals surface area contributed by atoms with E-state index in [0.717, 1.165) is 33.1 Å². The Morgan fingerprint density at radius 2 is 0.918 bits per heavy atom. The lowest BCUT2D eigenvalue weighted by Crippen LogP contribution is -2.22.